The van der Waals surface area contributed by atoms with Crippen molar-refractivity contribution in [2.75, 3.05) is 0 Å². The molecular formula is C8H14N2. The lowest BCUT2D eigenvalue weighted by Crippen LogP contribution is -2.12. The minimum atomic E-state index is 0.535. The van der Waals surface area contributed by atoms with Crippen molar-refractivity contribution >= 4 is 0 Å². The molecule has 0 aliphatic heterocycles. The standard InChI is InChI=1S/C6H8N2.C2H6/c1-8-5-3-2-4-6(8)7;1-2/h2-5,7H,1H3;1-2H3. The van der Waals surface area contributed by atoms with Crippen LogP contribution in [0, 0.1) is 5.41 Å². The molecule has 1 rings (SSSR count). The fourth-order valence-electron chi connectivity index (χ4n) is 0.523. The molecule has 10 heavy (non-hydrogen) atoms. The first-order chi connectivity index (χ1) is 4.80. The summed E-state index contributed by atoms with van der Waals surface area (Å²) in [5.41, 5.74) is 0.535. The molecule has 1 heterocycles. The van der Waals surface area contributed by atoms with Gasteiger partial charge in [-0.1, -0.05) is 19.9 Å². The van der Waals surface area contributed by atoms with E-state index in [0.717, 1.165) is 0 Å². The molecule has 0 aromatic carbocycles. The monoisotopic (exact) mass is 138 g/mol. The summed E-state index contributed by atoms with van der Waals surface area (Å²) in [6, 6.07) is 5.50. The molecule has 0 unspecified atom stereocenters. The molecule has 0 spiro atoms. The third kappa shape index (κ3) is 2.49. The van der Waals surface area contributed by atoms with Crippen molar-refractivity contribution in [1.82, 2.24) is 4.57 Å². The van der Waals surface area contributed by atoms with E-state index in [2.05, 4.69) is 0 Å². The summed E-state index contributed by atoms with van der Waals surface area (Å²) in [7, 11) is 1.85. The van der Waals surface area contributed by atoms with Gasteiger partial charge in [0.2, 0.25) is 0 Å². The smallest absolute Gasteiger partial charge is 0.124 e. The van der Waals surface area contributed by atoms with E-state index >= 15 is 0 Å². The molecule has 0 saturated heterocycles. The van der Waals surface area contributed by atoms with Gasteiger partial charge in [-0.25, -0.2) is 0 Å². The molecule has 0 saturated carbocycles. The highest BCUT2D eigenvalue weighted by molar-refractivity contribution is 4.90. The fraction of sp³-hybridized carbons (Fsp3) is 0.375. The fourth-order valence-corrected chi connectivity index (χ4v) is 0.523. The van der Waals surface area contributed by atoms with E-state index in [1.165, 1.54) is 0 Å². The molecule has 1 aromatic rings. The summed E-state index contributed by atoms with van der Waals surface area (Å²) in [5, 5.41) is 7.18. The van der Waals surface area contributed by atoms with Gasteiger partial charge in [-0.05, 0) is 12.1 Å². The van der Waals surface area contributed by atoms with Gasteiger partial charge in [-0.2, -0.15) is 0 Å². The van der Waals surface area contributed by atoms with Gasteiger partial charge in [-0.15, -0.1) is 0 Å². The summed E-state index contributed by atoms with van der Waals surface area (Å²) in [6.45, 7) is 4.00. The van der Waals surface area contributed by atoms with Crippen LogP contribution in [-0.4, -0.2) is 4.57 Å². The molecule has 2 nitrogen and oxygen atoms in total. The Bertz CT molecular complexity index is 225. The van der Waals surface area contributed by atoms with Crippen LogP contribution in [0.25, 0.3) is 0 Å². The Morgan fingerprint density at radius 3 is 2.20 bits per heavy atom. The van der Waals surface area contributed by atoms with Crippen LogP contribution in [-0.2, 0) is 7.05 Å². The lowest BCUT2D eigenvalue weighted by molar-refractivity contribution is 0.817. The number of aryl methyl sites for hydroxylation is 1. The topological polar surface area (TPSA) is 28.8 Å². The van der Waals surface area contributed by atoms with E-state index in [-0.39, 0.29) is 0 Å². The zero-order chi connectivity index (χ0) is 7.98. The number of hydrogen-bond acceptors (Lipinski definition) is 1. The molecule has 0 fully saturated rings. The molecule has 0 atom stereocenters. The second-order valence-corrected chi connectivity index (χ2v) is 1.70. The molecule has 1 N–H and O–H groups in total. The Kier molecular flexibility index (Phi) is 4.29. The van der Waals surface area contributed by atoms with Gasteiger partial charge >= 0.3 is 0 Å². The van der Waals surface area contributed by atoms with Crippen LogP contribution < -0.4 is 5.49 Å². The SMILES string of the molecule is CC.Cn1ccccc1=N. The highest BCUT2D eigenvalue weighted by atomic mass is 14.9. The molecule has 1 aromatic heterocycles. The number of aromatic nitrogens is 1. The van der Waals surface area contributed by atoms with Crippen molar-refractivity contribution in [3.63, 3.8) is 0 Å². The molecule has 0 aliphatic carbocycles. The van der Waals surface area contributed by atoms with Crippen molar-refractivity contribution in [3.05, 3.63) is 29.9 Å². The van der Waals surface area contributed by atoms with E-state index in [9.17, 15) is 0 Å². The molecule has 0 aliphatic rings. The lowest BCUT2D eigenvalue weighted by Gasteiger charge is -1.92. The van der Waals surface area contributed by atoms with Crippen molar-refractivity contribution < 1.29 is 0 Å². The first-order valence-electron chi connectivity index (χ1n) is 3.47. The molecular weight excluding hydrogens is 124 g/mol. The third-order valence-electron chi connectivity index (χ3n) is 1.05. The van der Waals surface area contributed by atoms with Crippen LogP contribution in [0.4, 0.5) is 0 Å². The van der Waals surface area contributed by atoms with E-state index in [1.807, 2.05) is 39.2 Å². The van der Waals surface area contributed by atoms with Crippen LogP contribution in [0.2, 0.25) is 0 Å². The molecule has 0 bridgehead atoms. The van der Waals surface area contributed by atoms with E-state index in [0.29, 0.717) is 5.49 Å². The van der Waals surface area contributed by atoms with Crippen molar-refractivity contribution in [1.29, 1.82) is 5.41 Å². The Morgan fingerprint density at radius 2 is 1.90 bits per heavy atom. The van der Waals surface area contributed by atoms with Crippen molar-refractivity contribution in [2.45, 2.75) is 13.8 Å². The number of rotatable bonds is 0. The highest BCUT2D eigenvalue weighted by Gasteiger charge is 1.75. The van der Waals surface area contributed by atoms with Crippen LogP contribution in [0.3, 0.4) is 0 Å². The Labute approximate surface area is 61.6 Å². The second-order valence-electron chi connectivity index (χ2n) is 1.70. The quantitative estimate of drug-likeness (QED) is 0.563. The Morgan fingerprint density at radius 1 is 1.30 bits per heavy atom. The maximum absolute atomic E-state index is 7.18. The maximum atomic E-state index is 7.18. The average molecular weight is 138 g/mol. The van der Waals surface area contributed by atoms with Crippen LogP contribution in [0.15, 0.2) is 24.4 Å². The highest BCUT2D eigenvalue weighted by Crippen LogP contribution is 1.73. The Balaban J connectivity index is 0.000000371. The van der Waals surface area contributed by atoms with Crippen LogP contribution in [0.1, 0.15) is 13.8 Å². The molecule has 2 heteroatoms. The summed E-state index contributed by atoms with van der Waals surface area (Å²) in [5.74, 6) is 0. The number of nitrogens with zero attached hydrogens (tertiary/aromatic N) is 1. The molecule has 0 amide bonds. The molecule has 56 valence electrons. The third-order valence-corrected chi connectivity index (χ3v) is 1.05. The van der Waals surface area contributed by atoms with Gasteiger partial charge in [0, 0.05) is 13.2 Å². The normalized spacial score (nSPS) is 7.90. The maximum Gasteiger partial charge on any atom is 0.124 e. The average Bonchev–Trinajstić information content (AvgIpc) is 2.00. The largest absolute Gasteiger partial charge is 0.337 e. The van der Waals surface area contributed by atoms with Gasteiger partial charge in [-0.3, -0.25) is 5.41 Å². The Hall–Kier alpha value is -1.05. The van der Waals surface area contributed by atoms with Crippen LogP contribution in [0.5, 0.6) is 0 Å². The number of nitrogens with one attached hydrogen (secondary N) is 1. The molecule has 0 radical (unpaired) electrons. The zero-order valence-corrected chi connectivity index (χ0v) is 6.76. The zero-order valence-electron chi connectivity index (χ0n) is 6.76. The van der Waals surface area contributed by atoms with Gasteiger partial charge < -0.3 is 4.57 Å². The van der Waals surface area contributed by atoms with Crippen molar-refractivity contribution in [3.8, 4) is 0 Å². The van der Waals surface area contributed by atoms with Gasteiger partial charge in [0.1, 0.15) is 5.49 Å². The number of hydrogen-bond donors (Lipinski definition) is 1. The predicted octanol–water partition coefficient (Wildman–Crippen LogP) is 1.53. The number of pyridine rings is 1. The van der Waals surface area contributed by atoms with E-state index < -0.39 is 0 Å². The van der Waals surface area contributed by atoms with Gasteiger partial charge in [0.15, 0.2) is 0 Å². The summed E-state index contributed by atoms with van der Waals surface area (Å²) < 4.78 is 1.75. The van der Waals surface area contributed by atoms with E-state index in [4.69, 9.17) is 5.41 Å². The van der Waals surface area contributed by atoms with Gasteiger partial charge in [0.05, 0.1) is 0 Å². The first kappa shape index (κ1) is 8.95. The van der Waals surface area contributed by atoms with E-state index in [1.54, 1.807) is 10.6 Å². The predicted molar refractivity (Wildman–Crippen MR) is 42.6 cm³/mol. The van der Waals surface area contributed by atoms with Crippen LogP contribution >= 0.6 is 0 Å². The first-order valence-corrected chi connectivity index (χ1v) is 3.47. The minimum absolute atomic E-state index is 0.535. The minimum Gasteiger partial charge on any atom is -0.337 e. The van der Waals surface area contributed by atoms with Crippen molar-refractivity contribution in [2.24, 2.45) is 7.05 Å². The summed E-state index contributed by atoms with van der Waals surface area (Å²) in [6.07, 6.45) is 1.85. The lowest BCUT2D eigenvalue weighted by atomic mass is 10.5. The van der Waals surface area contributed by atoms with Gasteiger partial charge in [0.25, 0.3) is 0 Å². The summed E-state index contributed by atoms with van der Waals surface area (Å²) >= 11 is 0. The second kappa shape index (κ2) is 4.79. The summed E-state index contributed by atoms with van der Waals surface area (Å²) in [4.78, 5) is 0.